The lowest BCUT2D eigenvalue weighted by atomic mass is 9.96. The molecule has 0 saturated carbocycles. The van der Waals surface area contributed by atoms with Crippen LogP contribution in [0, 0.1) is 28.8 Å². The number of fused-ring (bicyclic) bond motifs is 1. The van der Waals surface area contributed by atoms with Crippen molar-refractivity contribution in [1.29, 1.82) is 5.26 Å². The van der Waals surface area contributed by atoms with Crippen LogP contribution in [0.4, 0.5) is 24.8 Å². The van der Waals surface area contributed by atoms with Crippen molar-refractivity contribution in [3.8, 4) is 17.2 Å². The number of nitrogen functional groups attached to an aromatic ring is 1. The first kappa shape index (κ1) is 20.9. The van der Waals surface area contributed by atoms with E-state index in [0.717, 1.165) is 22.7 Å². The number of anilines is 2. The molecule has 0 amide bonds. The van der Waals surface area contributed by atoms with Gasteiger partial charge in [0.05, 0.1) is 11.6 Å². The van der Waals surface area contributed by atoms with E-state index in [1.54, 1.807) is 13.0 Å². The summed E-state index contributed by atoms with van der Waals surface area (Å²) in [6.07, 6.45) is 2.17. The molecule has 0 aliphatic heterocycles. The lowest BCUT2D eigenvalue weighted by Crippen LogP contribution is -2.21. The van der Waals surface area contributed by atoms with Gasteiger partial charge in [-0.1, -0.05) is 0 Å². The van der Waals surface area contributed by atoms with Gasteiger partial charge in [0, 0.05) is 17.8 Å². The predicted octanol–water partition coefficient (Wildman–Crippen LogP) is 3.80. The highest BCUT2D eigenvalue weighted by atomic mass is 19.1. The average Bonchev–Trinajstić information content (AvgIpc) is 2.73. The number of halogens is 3. The molecule has 7 nitrogen and oxygen atoms in total. The average molecular weight is 436 g/mol. The first-order chi connectivity index (χ1) is 15.3. The number of hydrogen-bond acceptors (Lipinski definition) is 6. The van der Waals surface area contributed by atoms with Crippen molar-refractivity contribution < 1.29 is 13.2 Å². The van der Waals surface area contributed by atoms with E-state index in [1.165, 1.54) is 18.5 Å². The number of nitrogens with one attached hydrogen (secondary N) is 1. The van der Waals surface area contributed by atoms with Crippen LogP contribution in [0.1, 0.15) is 24.1 Å². The highest BCUT2D eigenvalue weighted by Crippen LogP contribution is 2.30. The fourth-order valence-corrected chi connectivity index (χ4v) is 3.49. The zero-order valence-electron chi connectivity index (χ0n) is 16.6. The maximum absolute atomic E-state index is 14.0. The van der Waals surface area contributed by atoms with Crippen LogP contribution in [0.25, 0.3) is 16.6 Å². The fraction of sp³-hybridized carbons (Fsp3) is 0.0909. The number of hydrogen-bond donors (Lipinski definition) is 2. The zero-order valence-corrected chi connectivity index (χ0v) is 16.6. The van der Waals surface area contributed by atoms with Crippen LogP contribution in [0.5, 0.6) is 0 Å². The Balaban J connectivity index is 1.96. The molecule has 32 heavy (non-hydrogen) atoms. The minimum absolute atomic E-state index is 0.0114. The molecule has 1 aromatic carbocycles. The van der Waals surface area contributed by atoms with Gasteiger partial charge in [-0.25, -0.2) is 23.1 Å². The molecule has 4 aromatic rings. The maximum atomic E-state index is 14.0. The Morgan fingerprint density at radius 3 is 2.50 bits per heavy atom. The molecule has 10 heteroatoms. The Kier molecular flexibility index (Phi) is 5.24. The Morgan fingerprint density at radius 1 is 1.09 bits per heavy atom. The number of nitrogens with two attached hydrogens (primary N) is 1. The van der Waals surface area contributed by atoms with Crippen LogP contribution in [0.15, 0.2) is 53.7 Å². The quantitative estimate of drug-likeness (QED) is 0.504. The molecule has 0 radical (unpaired) electrons. The smallest absolute Gasteiger partial charge is 0.263 e. The monoisotopic (exact) mass is 436 g/mol. The lowest BCUT2D eigenvalue weighted by Gasteiger charge is -2.20. The summed E-state index contributed by atoms with van der Waals surface area (Å²) in [5.74, 6) is -2.29. The van der Waals surface area contributed by atoms with Crippen molar-refractivity contribution in [2.24, 2.45) is 0 Å². The van der Waals surface area contributed by atoms with E-state index in [2.05, 4.69) is 15.3 Å². The first-order valence-corrected chi connectivity index (χ1v) is 9.37. The summed E-state index contributed by atoms with van der Waals surface area (Å²) in [6, 6.07) is 8.16. The first-order valence-electron chi connectivity index (χ1n) is 9.37. The second-order valence-corrected chi connectivity index (χ2v) is 7.04. The molecule has 0 aliphatic carbocycles. The van der Waals surface area contributed by atoms with Gasteiger partial charge >= 0.3 is 0 Å². The Hall–Kier alpha value is -4.39. The van der Waals surface area contributed by atoms with Crippen molar-refractivity contribution >= 4 is 17.2 Å². The summed E-state index contributed by atoms with van der Waals surface area (Å²) in [5, 5.41) is 12.4. The molecular formula is C22H15F3N6O. The standard InChI is InChI=1S/C22H15F3N6O/c1-11(30-21-18(8-26)20(27)28-10-29-21)17-7-16-3-2-13(23)9-31(16)22(32)19(17)12-4-14(24)6-15(25)5-12/h2-7,9-11H,1H3,(H3,27,28,29,30). The lowest BCUT2D eigenvalue weighted by molar-refractivity contribution is 0.584. The summed E-state index contributed by atoms with van der Waals surface area (Å²) in [6.45, 7) is 1.67. The minimum atomic E-state index is -0.870. The van der Waals surface area contributed by atoms with Crippen molar-refractivity contribution in [3.05, 3.63) is 87.9 Å². The topological polar surface area (TPSA) is 109 Å². The third kappa shape index (κ3) is 3.72. The fourth-order valence-electron chi connectivity index (χ4n) is 3.49. The van der Waals surface area contributed by atoms with Gasteiger partial charge < -0.3 is 11.1 Å². The molecule has 160 valence electrons. The van der Waals surface area contributed by atoms with E-state index in [9.17, 15) is 23.2 Å². The van der Waals surface area contributed by atoms with Gasteiger partial charge in [0.25, 0.3) is 5.56 Å². The van der Waals surface area contributed by atoms with E-state index in [4.69, 9.17) is 5.73 Å². The SMILES string of the molecule is CC(Nc1ncnc(N)c1C#N)c1cc2ccc(F)cn2c(=O)c1-c1cc(F)cc(F)c1. The maximum Gasteiger partial charge on any atom is 0.263 e. The van der Waals surface area contributed by atoms with E-state index < -0.39 is 29.1 Å². The molecule has 4 rings (SSSR count). The van der Waals surface area contributed by atoms with Crippen LogP contribution in [-0.4, -0.2) is 14.4 Å². The van der Waals surface area contributed by atoms with Crippen LogP contribution in [0.2, 0.25) is 0 Å². The highest BCUT2D eigenvalue weighted by molar-refractivity contribution is 5.72. The number of rotatable bonds is 4. The summed E-state index contributed by atoms with van der Waals surface area (Å²) in [4.78, 5) is 21.1. The molecule has 3 aromatic heterocycles. The summed E-state index contributed by atoms with van der Waals surface area (Å²) >= 11 is 0. The number of nitriles is 1. The van der Waals surface area contributed by atoms with Gasteiger partial charge in [-0.05, 0) is 48.4 Å². The number of nitrogens with zero attached hydrogens (tertiary/aromatic N) is 4. The molecule has 0 spiro atoms. The van der Waals surface area contributed by atoms with Gasteiger partial charge in [0.2, 0.25) is 0 Å². The van der Waals surface area contributed by atoms with Crippen LogP contribution in [-0.2, 0) is 0 Å². The van der Waals surface area contributed by atoms with E-state index >= 15 is 0 Å². The van der Waals surface area contributed by atoms with Crippen molar-refractivity contribution in [2.75, 3.05) is 11.1 Å². The van der Waals surface area contributed by atoms with Gasteiger partial charge in [-0.2, -0.15) is 5.26 Å². The molecule has 1 unspecified atom stereocenters. The Morgan fingerprint density at radius 2 is 1.81 bits per heavy atom. The van der Waals surface area contributed by atoms with Crippen molar-refractivity contribution in [2.45, 2.75) is 13.0 Å². The molecule has 0 fully saturated rings. The number of benzene rings is 1. The van der Waals surface area contributed by atoms with E-state index in [-0.39, 0.29) is 28.3 Å². The van der Waals surface area contributed by atoms with Gasteiger partial charge in [0.1, 0.15) is 47.0 Å². The Bertz CT molecular complexity index is 1440. The number of aromatic nitrogens is 3. The third-order valence-electron chi connectivity index (χ3n) is 4.93. The highest BCUT2D eigenvalue weighted by Gasteiger charge is 2.21. The third-order valence-corrected chi connectivity index (χ3v) is 4.93. The van der Waals surface area contributed by atoms with E-state index in [0.29, 0.717) is 17.1 Å². The minimum Gasteiger partial charge on any atom is -0.382 e. The van der Waals surface area contributed by atoms with Gasteiger partial charge in [0.15, 0.2) is 0 Å². The van der Waals surface area contributed by atoms with E-state index in [1.807, 2.05) is 6.07 Å². The molecule has 0 saturated heterocycles. The summed E-state index contributed by atoms with van der Waals surface area (Å²) in [5.41, 5.74) is 5.74. The molecule has 3 heterocycles. The zero-order chi connectivity index (χ0) is 23.0. The second kappa shape index (κ2) is 8.03. The molecule has 0 bridgehead atoms. The number of pyridine rings is 2. The van der Waals surface area contributed by atoms with Crippen LogP contribution < -0.4 is 16.6 Å². The van der Waals surface area contributed by atoms with Crippen molar-refractivity contribution in [3.63, 3.8) is 0 Å². The second-order valence-electron chi connectivity index (χ2n) is 7.04. The predicted molar refractivity (Wildman–Crippen MR) is 112 cm³/mol. The summed E-state index contributed by atoms with van der Waals surface area (Å²) in [7, 11) is 0. The van der Waals surface area contributed by atoms with Crippen LogP contribution in [0.3, 0.4) is 0 Å². The van der Waals surface area contributed by atoms with Crippen LogP contribution >= 0.6 is 0 Å². The molecular weight excluding hydrogens is 421 g/mol. The normalized spacial score (nSPS) is 11.8. The van der Waals surface area contributed by atoms with Gasteiger partial charge in [-0.3, -0.25) is 9.20 Å². The largest absolute Gasteiger partial charge is 0.382 e. The molecule has 0 aliphatic rings. The van der Waals surface area contributed by atoms with Crippen molar-refractivity contribution in [1.82, 2.24) is 14.4 Å². The molecule has 1 atom stereocenters. The Labute approximate surface area is 179 Å². The molecule has 3 N–H and O–H groups in total. The van der Waals surface area contributed by atoms with Gasteiger partial charge in [-0.15, -0.1) is 0 Å². The summed E-state index contributed by atoms with van der Waals surface area (Å²) < 4.78 is 42.8.